The van der Waals surface area contributed by atoms with Gasteiger partial charge in [-0.3, -0.25) is 4.79 Å². The fraction of sp³-hybridized carbons (Fsp3) is 0.211. The molecule has 0 aliphatic rings. The second kappa shape index (κ2) is 10.8. The van der Waals surface area contributed by atoms with E-state index in [9.17, 15) is 9.59 Å². The first-order chi connectivity index (χ1) is 13.5. The van der Waals surface area contributed by atoms with Crippen LogP contribution in [0.2, 0.25) is 5.02 Å². The molecule has 9 heteroatoms. The summed E-state index contributed by atoms with van der Waals surface area (Å²) < 4.78 is 14.9. The van der Waals surface area contributed by atoms with E-state index in [1.54, 1.807) is 43.5 Å². The Morgan fingerprint density at radius 3 is 2.46 bits per heavy atom. The van der Waals surface area contributed by atoms with Crippen LogP contribution in [-0.2, 0) is 19.2 Å². The number of methoxy groups -OCH3 is 2. The maximum Gasteiger partial charge on any atom is 0.347 e. The Labute approximate surface area is 167 Å². The molecule has 2 rings (SSSR count). The SMILES string of the molecule is COc1ccc(/C=N\OCC(=O)OCC(=O)Nc2ccc(OC)c(Cl)c2)cc1. The molecule has 2 aromatic rings. The first-order valence-corrected chi connectivity index (χ1v) is 8.48. The average molecular weight is 407 g/mol. The van der Waals surface area contributed by atoms with Crippen molar-refractivity contribution in [1.82, 2.24) is 0 Å². The molecule has 1 amide bonds. The molecule has 0 unspecified atom stereocenters. The van der Waals surface area contributed by atoms with Crippen LogP contribution in [0, 0.1) is 0 Å². The van der Waals surface area contributed by atoms with Crippen molar-refractivity contribution in [2.24, 2.45) is 5.16 Å². The van der Waals surface area contributed by atoms with E-state index >= 15 is 0 Å². The number of benzene rings is 2. The Bertz CT molecular complexity index is 839. The van der Waals surface area contributed by atoms with Gasteiger partial charge >= 0.3 is 5.97 Å². The van der Waals surface area contributed by atoms with Crippen molar-refractivity contribution in [2.45, 2.75) is 0 Å². The third-order valence-corrected chi connectivity index (χ3v) is 3.67. The van der Waals surface area contributed by atoms with Crippen LogP contribution in [0.5, 0.6) is 11.5 Å². The summed E-state index contributed by atoms with van der Waals surface area (Å²) in [6.45, 7) is -0.887. The van der Waals surface area contributed by atoms with Crippen molar-refractivity contribution in [2.75, 3.05) is 32.8 Å². The van der Waals surface area contributed by atoms with Crippen molar-refractivity contribution in [1.29, 1.82) is 0 Å². The van der Waals surface area contributed by atoms with Crippen LogP contribution in [0.3, 0.4) is 0 Å². The zero-order chi connectivity index (χ0) is 20.4. The molecule has 1 N–H and O–H groups in total. The summed E-state index contributed by atoms with van der Waals surface area (Å²) in [6.07, 6.45) is 1.44. The number of hydrogen-bond acceptors (Lipinski definition) is 7. The topological polar surface area (TPSA) is 95.5 Å². The molecular weight excluding hydrogens is 388 g/mol. The molecule has 0 aliphatic heterocycles. The van der Waals surface area contributed by atoms with Crippen LogP contribution >= 0.6 is 11.6 Å². The van der Waals surface area contributed by atoms with E-state index in [4.69, 9.17) is 30.6 Å². The van der Waals surface area contributed by atoms with E-state index < -0.39 is 25.1 Å². The third-order valence-electron chi connectivity index (χ3n) is 3.37. The highest BCUT2D eigenvalue weighted by Crippen LogP contribution is 2.27. The monoisotopic (exact) mass is 406 g/mol. The quantitative estimate of drug-likeness (QED) is 0.391. The summed E-state index contributed by atoms with van der Waals surface area (Å²) in [6, 6.07) is 11.8. The van der Waals surface area contributed by atoms with Gasteiger partial charge < -0.3 is 24.4 Å². The second-order valence-electron chi connectivity index (χ2n) is 5.34. The summed E-state index contributed by atoms with van der Waals surface area (Å²) in [5.74, 6) is -0.0404. The predicted octanol–water partition coefficient (Wildman–Crippen LogP) is 2.89. The van der Waals surface area contributed by atoms with E-state index in [0.29, 0.717) is 16.5 Å². The first kappa shape index (κ1) is 21.0. The summed E-state index contributed by atoms with van der Waals surface area (Å²) in [5, 5.41) is 6.56. The number of ether oxygens (including phenoxy) is 3. The number of esters is 1. The van der Waals surface area contributed by atoms with Crippen LogP contribution < -0.4 is 14.8 Å². The number of nitrogens with one attached hydrogen (secondary N) is 1. The molecule has 0 saturated heterocycles. The molecule has 0 heterocycles. The van der Waals surface area contributed by atoms with Gasteiger partial charge in [0.25, 0.3) is 5.91 Å². The summed E-state index contributed by atoms with van der Waals surface area (Å²) in [4.78, 5) is 28.2. The van der Waals surface area contributed by atoms with Gasteiger partial charge in [0, 0.05) is 5.69 Å². The second-order valence-corrected chi connectivity index (χ2v) is 5.75. The van der Waals surface area contributed by atoms with Gasteiger partial charge in [0.15, 0.2) is 6.61 Å². The van der Waals surface area contributed by atoms with Crippen LogP contribution in [0.4, 0.5) is 5.69 Å². The Morgan fingerprint density at radius 2 is 1.82 bits per heavy atom. The minimum absolute atomic E-state index is 0.348. The molecule has 0 atom stereocenters. The molecule has 0 aromatic heterocycles. The fourth-order valence-electron chi connectivity index (χ4n) is 2.01. The van der Waals surface area contributed by atoms with Gasteiger partial charge in [-0.2, -0.15) is 0 Å². The molecule has 0 radical (unpaired) electrons. The highest BCUT2D eigenvalue weighted by molar-refractivity contribution is 6.32. The largest absolute Gasteiger partial charge is 0.497 e. The number of amides is 1. The van der Waals surface area contributed by atoms with Crippen LogP contribution in [0.15, 0.2) is 47.6 Å². The van der Waals surface area contributed by atoms with Gasteiger partial charge in [0.2, 0.25) is 6.61 Å². The van der Waals surface area contributed by atoms with E-state index in [1.807, 2.05) is 0 Å². The van der Waals surface area contributed by atoms with Gasteiger partial charge in [-0.1, -0.05) is 16.8 Å². The molecule has 0 spiro atoms. The zero-order valence-corrected chi connectivity index (χ0v) is 16.1. The zero-order valence-electron chi connectivity index (χ0n) is 15.3. The molecule has 28 heavy (non-hydrogen) atoms. The Hall–Kier alpha value is -3.26. The summed E-state index contributed by atoms with van der Waals surface area (Å²) >= 11 is 5.97. The van der Waals surface area contributed by atoms with E-state index in [2.05, 4.69) is 10.5 Å². The third kappa shape index (κ3) is 6.81. The first-order valence-electron chi connectivity index (χ1n) is 8.10. The number of anilines is 1. The van der Waals surface area contributed by atoms with Crippen LogP contribution in [0.1, 0.15) is 5.56 Å². The van der Waals surface area contributed by atoms with Crippen LogP contribution in [-0.4, -0.2) is 45.5 Å². The van der Waals surface area contributed by atoms with Crippen molar-refractivity contribution in [3.8, 4) is 11.5 Å². The lowest BCUT2D eigenvalue weighted by Crippen LogP contribution is -2.22. The smallest absolute Gasteiger partial charge is 0.347 e. The molecule has 148 valence electrons. The summed E-state index contributed by atoms with van der Waals surface area (Å²) in [5.41, 5.74) is 1.22. The average Bonchev–Trinajstić information content (AvgIpc) is 2.70. The Kier molecular flexibility index (Phi) is 8.11. The number of oxime groups is 1. The fourth-order valence-corrected chi connectivity index (χ4v) is 2.26. The molecule has 2 aromatic carbocycles. The van der Waals surface area contributed by atoms with Gasteiger partial charge in [0.05, 0.1) is 25.5 Å². The maximum atomic E-state index is 11.8. The number of nitrogens with zero attached hydrogens (tertiary/aromatic N) is 1. The van der Waals surface area contributed by atoms with Gasteiger partial charge in [-0.25, -0.2) is 4.79 Å². The number of carbonyl (C=O) groups is 2. The minimum Gasteiger partial charge on any atom is -0.497 e. The summed E-state index contributed by atoms with van der Waals surface area (Å²) in [7, 11) is 3.06. The molecular formula is C19H19ClN2O6. The lowest BCUT2D eigenvalue weighted by Gasteiger charge is -2.08. The van der Waals surface area contributed by atoms with Crippen molar-refractivity contribution in [3.63, 3.8) is 0 Å². The molecule has 0 saturated carbocycles. The lowest BCUT2D eigenvalue weighted by molar-refractivity contribution is -0.151. The maximum absolute atomic E-state index is 11.8. The number of halogens is 1. The van der Waals surface area contributed by atoms with Crippen molar-refractivity contribution in [3.05, 3.63) is 53.1 Å². The van der Waals surface area contributed by atoms with Crippen LogP contribution in [0.25, 0.3) is 0 Å². The Morgan fingerprint density at radius 1 is 1.07 bits per heavy atom. The van der Waals surface area contributed by atoms with E-state index in [1.165, 1.54) is 19.4 Å². The van der Waals surface area contributed by atoms with Crippen molar-refractivity contribution < 1.29 is 28.6 Å². The molecule has 8 nitrogen and oxygen atoms in total. The normalized spacial score (nSPS) is 10.4. The number of rotatable bonds is 9. The van der Waals surface area contributed by atoms with Gasteiger partial charge in [0.1, 0.15) is 11.5 Å². The molecule has 0 fully saturated rings. The lowest BCUT2D eigenvalue weighted by atomic mass is 10.2. The van der Waals surface area contributed by atoms with E-state index in [-0.39, 0.29) is 0 Å². The number of carbonyl (C=O) groups excluding carboxylic acids is 2. The number of hydrogen-bond donors (Lipinski definition) is 1. The predicted molar refractivity (Wildman–Crippen MR) is 104 cm³/mol. The van der Waals surface area contributed by atoms with Crippen molar-refractivity contribution >= 4 is 35.4 Å². The van der Waals surface area contributed by atoms with Gasteiger partial charge in [-0.05, 0) is 48.0 Å². The van der Waals surface area contributed by atoms with Gasteiger partial charge in [-0.15, -0.1) is 0 Å². The molecule has 0 bridgehead atoms. The highest BCUT2D eigenvalue weighted by atomic mass is 35.5. The highest BCUT2D eigenvalue weighted by Gasteiger charge is 2.09. The van der Waals surface area contributed by atoms with E-state index in [0.717, 1.165) is 11.3 Å². The Balaban J connectivity index is 1.69. The minimum atomic E-state index is -0.727. The standard InChI is InChI=1S/C19H19ClN2O6/c1-25-15-6-3-13(4-7-15)10-21-28-12-19(24)27-11-18(23)22-14-5-8-17(26-2)16(20)9-14/h3-10H,11-12H2,1-2H3,(H,22,23)/b21-10-. The molecule has 0 aliphatic carbocycles.